The lowest BCUT2D eigenvalue weighted by molar-refractivity contribution is 0.593. The summed E-state index contributed by atoms with van der Waals surface area (Å²) in [6.07, 6.45) is 7.44. The normalized spacial score (nSPS) is 13.7. The molecule has 0 aliphatic heterocycles. The van der Waals surface area contributed by atoms with Gasteiger partial charge in [-0.1, -0.05) is 6.92 Å². The zero-order valence-corrected chi connectivity index (χ0v) is 13.4. The van der Waals surface area contributed by atoms with Crippen LogP contribution in [-0.2, 0) is 22.8 Å². The average molecular weight is 309 g/mol. The van der Waals surface area contributed by atoms with Crippen molar-refractivity contribution in [3.8, 4) is 0 Å². The third-order valence-electron chi connectivity index (χ3n) is 3.64. The first-order valence-corrected chi connectivity index (χ1v) is 9.33. The average Bonchev–Trinajstić information content (AvgIpc) is 2.76. The minimum atomic E-state index is -2.92. The van der Waals surface area contributed by atoms with E-state index in [9.17, 15) is 8.42 Å². The number of aryl methyl sites for hydroxylation is 1. The monoisotopic (exact) mass is 309 g/mol. The van der Waals surface area contributed by atoms with Crippen molar-refractivity contribution in [1.29, 1.82) is 0 Å². The van der Waals surface area contributed by atoms with E-state index in [1.165, 1.54) is 11.8 Å². The van der Waals surface area contributed by atoms with Crippen molar-refractivity contribution in [3.05, 3.63) is 30.1 Å². The summed E-state index contributed by atoms with van der Waals surface area (Å²) >= 11 is 0. The summed E-state index contributed by atoms with van der Waals surface area (Å²) in [7, 11) is -2.92. The number of fused-ring (bicyclic) bond motifs is 1. The van der Waals surface area contributed by atoms with Crippen molar-refractivity contribution in [3.63, 3.8) is 0 Å². The Kier molecular flexibility index (Phi) is 5.00. The van der Waals surface area contributed by atoms with Crippen LogP contribution in [0.2, 0.25) is 0 Å². The molecule has 1 unspecified atom stereocenters. The van der Waals surface area contributed by atoms with Gasteiger partial charge in [0.25, 0.3) is 0 Å². The first-order chi connectivity index (χ1) is 9.90. The highest BCUT2D eigenvalue weighted by molar-refractivity contribution is 7.90. The summed E-state index contributed by atoms with van der Waals surface area (Å²) in [6.45, 7) is 2.73. The largest absolute Gasteiger partial charge is 0.332 e. The van der Waals surface area contributed by atoms with Gasteiger partial charge in [0.1, 0.15) is 15.5 Å². The molecule has 2 aromatic heterocycles. The van der Waals surface area contributed by atoms with Crippen molar-refractivity contribution in [1.82, 2.24) is 9.55 Å². The first-order valence-electron chi connectivity index (χ1n) is 7.26. The SMILES string of the molecule is CCC(N)Cc1cn(CCCS(C)(=O)=O)c2ncccc12. The maximum absolute atomic E-state index is 11.2. The van der Waals surface area contributed by atoms with Gasteiger partial charge in [-0.15, -0.1) is 0 Å². The lowest BCUT2D eigenvalue weighted by Crippen LogP contribution is -2.21. The number of hydrogen-bond acceptors (Lipinski definition) is 4. The van der Waals surface area contributed by atoms with E-state index >= 15 is 0 Å². The number of pyridine rings is 1. The minimum absolute atomic E-state index is 0.139. The van der Waals surface area contributed by atoms with Crippen molar-refractivity contribution in [2.24, 2.45) is 5.73 Å². The molecule has 0 amide bonds. The van der Waals surface area contributed by atoms with Crippen LogP contribution < -0.4 is 5.73 Å². The van der Waals surface area contributed by atoms with E-state index in [4.69, 9.17) is 5.73 Å². The highest BCUT2D eigenvalue weighted by Crippen LogP contribution is 2.21. The summed E-state index contributed by atoms with van der Waals surface area (Å²) in [4.78, 5) is 4.42. The number of rotatable bonds is 7. The van der Waals surface area contributed by atoms with E-state index in [2.05, 4.69) is 18.1 Å². The lowest BCUT2D eigenvalue weighted by atomic mass is 10.1. The summed E-state index contributed by atoms with van der Waals surface area (Å²) in [5, 5.41) is 1.11. The number of hydrogen-bond donors (Lipinski definition) is 1. The van der Waals surface area contributed by atoms with Crippen LogP contribution >= 0.6 is 0 Å². The molecule has 0 aliphatic rings. The van der Waals surface area contributed by atoms with Crippen LogP contribution in [0.1, 0.15) is 25.3 Å². The van der Waals surface area contributed by atoms with Crippen LogP contribution in [0.25, 0.3) is 11.0 Å². The standard InChI is InChI=1S/C15H23N3O2S/c1-3-13(16)10-12-11-18(8-5-9-21(2,19)20)15-14(12)6-4-7-17-15/h4,6-7,11,13H,3,5,8-10,16H2,1-2H3. The van der Waals surface area contributed by atoms with Crippen LogP contribution in [0.3, 0.4) is 0 Å². The molecule has 1 atom stereocenters. The molecule has 0 aromatic carbocycles. The van der Waals surface area contributed by atoms with Crippen molar-refractivity contribution in [2.45, 2.75) is 38.8 Å². The van der Waals surface area contributed by atoms with Gasteiger partial charge in [0.05, 0.1) is 5.75 Å². The molecule has 116 valence electrons. The van der Waals surface area contributed by atoms with Crippen LogP contribution in [0.5, 0.6) is 0 Å². The van der Waals surface area contributed by atoms with Crippen molar-refractivity contribution in [2.75, 3.05) is 12.0 Å². The fourth-order valence-electron chi connectivity index (χ4n) is 2.45. The highest BCUT2D eigenvalue weighted by atomic mass is 32.2. The van der Waals surface area contributed by atoms with E-state index in [0.717, 1.165) is 23.9 Å². The quantitative estimate of drug-likeness (QED) is 0.845. The van der Waals surface area contributed by atoms with E-state index in [1.807, 2.05) is 16.7 Å². The third kappa shape index (κ3) is 4.28. The molecule has 0 radical (unpaired) electrons. The van der Waals surface area contributed by atoms with Gasteiger partial charge in [-0.25, -0.2) is 13.4 Å². The molecule has 0 fully saturated rings. The van der Waals surface area contributed by atoms with E-state index in [-0.39, 0.29) is 11.8 Å². The summed E-state index contributed by atoms with van der Waals surface area (Å²) < 4.78 is 24.5. The Morgan fingerprint density at radius 1 is 1.43 bits per heavy atom. The van der Waals surface area contributed by atoms with Crippen molar-refractivity contribution < 1.29 is 8.42 Å². The Morgan fingerprint density at radius 3 is 2.86 bits per heavy atom. The van der Waals surface area contributed by atoms with Gasteiger partial charge in [-0.2, -0.15) is 0 Å². The molecule has 2 heterocycles. The van der Waals surface area contributed by atoms with Crippen LogP contribution in [0.15, 0.2) is 24.5 Å². The van der Waals surface area contributed by atoms with Gasteiger partial charge in [0.15, 0.2) is 0 Å². The van der Waals surface area contributed by atoms with Gasteiger partial charge in [0, 0.05) is 36.6 Å². The molecule has 0 saturated heterocycles. The molecule has 2 rings (SSSR count). The molecule has 0 saturated carbocycles. The van der Waals surface area contributed by atoms with E-state index in [1.54, 1.807) is 6.20 Å². The third-order valence-corrected chi connectivity index (χ3v) is 4.67. The molecule has 5 nitrogen and oxygen atoms in total. The molecule has 2 aromatic rings. The number of aromatic nitrogens is 2. The topological polar surface area (TPSA) is 78.0 Å². The minimum Gasteiger partial charge on any atom is -0.332 e. The molecule has 21 heavy (non-hydrogen) atoms. The van der Waals surface area contributed by atoms with E-state index < -0.39 is 9.84 Å². The van der Waals surface area contributed by atoms with E-state index in [0.29, 0.717) is 13.0 Å². The van der Waals surface area contributed by atoms with Crippen molar-refractivity contribution >= 4 is 20.9 Å². The maximum Gasteiger partial charge on any atom is 0.147 e. The summed E-state index contributed by atoms with van der Waals surface area (Å²) in [6, 6.07) is 4.11. The Morgan fingerprint density at radius 2 is 2.19 bits per heavy atom. The second kappa shape index (κ2) is 6.58. The molecule has 0 spiro atoms. The highest BCUT2D eigenvalue weighted by Gasteiger charge is 2.12. The molecular weight excluding hydrogens is 286 g/mol. The van der Waals surface area contributed by atoms with Crippen LogP contribution in [0, 0.1) is 0 Å². The Balaban J connectivity index is 2.23. The second-order valence-electron chi connectivity index (χ2n) is 5.58. The van der Waals surface area contributed by atoms with Gasteiger partial charge < -0.3 is 10.3 Å². The van der Waals surface area contributed by atoms with Crippen LogP contribution in [0.4, 0.5) is 0 Å². The molecule has 2 N–H and O–H groups in total. The molecule has 6 heteroatoms. The zero-order valence-electron chi connectivity index (χ0n) is 12.6. The molecule has 0 aliphatic carbocycles. The van der Waals surface area contributed by atoms with Gasteiger partial charge in [0.2, 0.25) is 0 Å². The zero-order chi connectivity index (χ0) is 15.5. The molecular formula is C15H23N3O2S. The lowest BCUT2D eigenvalue weighted by Gasteiger charge is -2.06. The fraction of sp³-hybridized carbons (Fsp3) is 0.533. The predicted octanol–water partition coefficient (Wildman–Crippen LogP) is 1.75. The first kappa shape index (κ1) is 16.0. The predicted molar refractivity (Wildman–Crippen MR) is 86.0 cm³/mol. The van der Waals surface area contributed by atoms with Gasteiger partial charge >= 0.3 is 0 Å². The fourth-order valence-corrected chi connectivity index (χ4v) is 3.11. The second-order valence-corrected chi connectivity index (χ2v) is 7.84. The summed E-state index contributed by atoms with van der Waals surface area (Å²) in [5.41, 5.74) is 8.15. The maximum atomic E-state index is 11.2. The van der Waals surface area contributed by atoms with Crippen LogP contribution in [-0.4, -0.2) is 36.0 Å². The van der Waals surface area contributed by atoms with Gasteiger partial charge in [-0.3, -0.25) is 0 Å². The Hall–Kier alpha value is -1.40. The number of sulfone groups is 1. The Bertz CT molecular complexity index is 707. The Labute approximate surface area is 126 Å². The van der Waals surface area contributed by atoms with Gasteiger partial charge in [-0.05, 0) is 37.0 Å². The summed E-state index contributed by atoms with van der Waals surface area (Å²) in [5.74, 6) is 0.198. The number of nitrogens with zero attached hydrogens (tertiary/aromatic N) is 2. The number of nitrogens with two attached hydrogens (primary N) is 1. The smallest absolute Gasteiger partial charge is 0.147 e. The molecule has 0 bridgehead atoms.